The average molecular weight is 359 g/mol. The van der Waals surface area contributed by atoms with Crippen LogP contribution >= 0.6 is 12.2 Å². The van der Waals surface area contributed by atoms with Gasteiger partial charge in [-0.05, 0) is 57.1 Å². The third-order valence-electron chi connectivity index (χ3n) is 5.17. The number of hydrogen-bond acceptors (Lipinski definition) is 3. The van der Waals surface area contributed by atoms with Gasteiger partial charge in [-0.3, -0.25) is 14.2 Å². The Morgan fingerprint density at radius 1 is 1.24 bits per heavy atom. The van der Waals surface area contributed by atoms with Crippen LogP contribution in [0, 0.1) is 4.77 Å². The summed E-state index contributed by atoms with van der Waals surface area (Å²) in [7, 11) is 0. The largest absolute Gasteiger partial charge is 0.339 e. The molecule has 1 heterocycles. The molecule has 1 fully saturated rings. The highest BCUT2D eigenvalue weighted by atomic mass is 32.1. The van der Waals surface area contributed by atoms with Crippen LogP contribution in [-0.4, -0.2) is 33.4 Å². The van der Waals surface area contributed by atoms with Crippen LogP contribution < -0.4 is 5.56 Å². The quantitative estimate of drug-likeness (QED) is 0.838. The Balaban J connectivity index is 2.06. The summed E-state index contributed by atoms with van der Waals surface area (Å²) < 4.78 is 2.19. The molecule has 0 saturated heterocycles. The smallest absolute Gasteiger partial charge is 0.262 e. The molecule has 1 amide bonds. The lowest BCUT2D eigenvalue weighted by Gasteiger charge is -2.24. The highest BCUT2D eigenvalue weighted by Crippen LogP contribution is 2.27. The van der Waals surface area contributed by atoms with E-state index in [9.17, 15) is 9.59 Å². The van der Waals surface area contributed by atoms with Crippen LogP contribution in [0.5, 0.6) is 0 Å². The number of carbonyl (C=O) groups is 1. The van der Waals surface area contributed by atoms with Crippen molar-refractivity contribution in [1.29, 1.82) is 0 Å². The van der Waals surface area contributed by atoms with E-state index in [4.69, 9.17) is 12.2 Å². The molecular weight excluding hydrogens is 334 g/mol. The number of nitrogens with zero attached hydrogens (tertiary/aromatic N) is 2. The maximum atomic E-state index is 13.0. The minimum absolute atomic E-state index is 0.0253. The first kappa shape index (κ1) is 17.9. The van der Waals surface area contributed by atoms with E-state index in [-0.39, 0.29) is 17.5 Å². The number of hydrogen-bond donors (Lipinski definition) is 1. The van der Waals surface area contributed by atoms with Gasteiger partial charge in [-0.15, -0.1) is 0 Å². The Bertz CT molecular complexity index is 890. The molecule has 134 valence electrons. The van der Waals surface area contributed by atoms with Crippen molar-refractivity contribution in [1.82, 2.24) is 14.5 Å². The molecule has 6 heteroatoms. The maximum absolute atomic E-state index is 13.0. The predicted molar refractivity (Wildman–Crippen MR) is 103 cm³/mol. The van der Waals surface area contributed by atoms with Crippen molar-refractivity contribution in [2.24, 2.45) is 0 Å². The van der Waals surface area contributed by atoms with E-state index in [0.29, 0.717) is 34.3 Å². The van der Waals surface area contributed by atoms with E-state index >= 15 is 0 Å². The highest BCUT2D eigenvalue weighted by molar-refractivity contribution is 7.71. The lowest BCUT2D eigenvalue weighted by atomic mass is 9.95. The second kappa shape index (κ2) is 7.52. The lowest BCUT2D eigenvalue weighted by molar-refractivity contribution is 0.0773. The van der Waals surface area contributed by atoms with Crippen molar-refractivity contribution in [3.05, 3.63) is 38.9 Å². The lowest BCUT2D eigenvalue weighted by Crippen LogP contribution is -2.31. The molecule has 25 heavy (non-hydrogen) atoms. The van der Waals surface area contributed by atoms with Gasteiger partial charge in [0.1, 0.15) is 0 Å². The molecule has 0 unspecified atom stereocenters. The van der Waals surface area contributed by atoms with Gasteiger partial charge in [0.2, 0.25) is 0 Å². The molecule has 1 aromatic carbocycles. The molecule has 2 aromatic rings. The molecule has 0 bridgehead atoms. The summed E-state index contributed by atoms with van der Waals surface area (Å²) in [4.78, 5) is 30.4. The van der Waals surface area contributed by atoms with Crippen molar-refractivity contribution >= 4 is 29.0 Å². The van der Waals surface area contributed by atoms with E-state index in [2.05, 4.69) is 4.98 Å². The molecular formula is C19H25N3O2S. The molecule has 1 saturated carbocycles. The van der Waals surface area contributed by atoms with Crippen LogP contribution in [0.4, 0.5) is 0 Å². The Hall–Kier alpha value is -1.95. The molecule has 1 aromatic heterocycles. The first-order valence-electron chi connectivity index (χ1n) is 9.14. The van der Waals surface area contributed by atoms with Gasteiger partial charge in [-0.2, -0.15) is 0 Å². The zero-order valence-corrected chi connectivity index (χ0v) is 15.7. The van der Waals surface area contributed by atoms with Crippen LogP contribution in [0.3, 0.4) is 0 Å². The Kier molecular flexibility index (Phi) is 5.37. The SMILES string of the molecule is CCN(CC)C(=O)c1ccc2c(=O)n(C3CCCCC3)c(=S)[nH]c2c1. The zero-order chi connectivity index (χ0) is 18.0. The molecule has 0 atom stereocenters. The number of nitrogens with one attached hydrogen (secondary N) is 1. The monoisotopic (exact) mass is 359 g/mol. The van der Waals surface area contributed by atoms with Gasteiger partial charge in [0.15, 0.2) is 4.77 Å². The second-order valence-electron chi connectivity index (χ2n) is 6.63. The number of H-pyrrole nitrogens is 1. The average Bonchev–Trinajstić information content (AvgIpc) is 2.63. The number of aromatic amines is 1. The van der Waals surface area contributed by atoms with Crippen molar-refractivity contribution in [3.63, 3.8) is 0 Å². The van der Waals surface area contributed by atoms with Gasteiger partial charge in [0.25, 0.3) is 11.5 Å². The number of carbonyl (C=O) groups excluding carboxylic acids is 1. The number of amides is 1. The van der Waals surface area contributed by atoms with Crippen molar-refractivity contribution in [2.75, 3.05) is 13.1 Å². The second-order valence-corrected chi connectivity index (χ2v) is 7.02. The predicted octanol–water partition coefficient (Wildman–Crippen LogP) is 4.05. The molecule has 5 nitrogen and oxygen atoms in total. The number of aromatic nitrogens is 2. The summed E-state index contributed by atoms with van der Waals surface area (Å²) >= 11 is 5.47. The number of rotatable bonds is 4. The summed E-state index contributed by atoms with van der Waals surface area (Å²) in [6, 6.07) is 5.43. The summed E-state index contributed by atoms with van der Waals surface area (Å²) in [6.07, 6.45) is 5.51. The van der Waals surface area contributed by atoms with Gasteiger partial charge in [0.05, 0.1) is 10.9 Å². The Morgan fingerprint density at radius 3 is 2.56 bits per heavy atom. The van der Waals surface area contributed by atoms with E-state index < -0.39 is 0 Å². The summed E-state index contributed by atoms with van der Waals surface area (Å²) in [5.74, 6) is -0.0253. The normalized spacial score (nSPS) is 15.4. The van der Waals surface area contributed by atoms with E-state index in [1.807, 2.05) is 13.8 Å². The van der Waals surface area contributed by atoms with Crippen molar-refractivity contribution in [2.45, 2.75) is 52.0 Å². The summed E-state index contributed by atoms with van der Waals surface area (Å²) in [5.41, 5.74) is 1.17. The molecule has 1 aliphatic carbocycles. The third-order valence-corrected chi connectivity index (χ3v) is 5.47. The van der Waals surface area contributed by atoms with Crippen LogP contribution in [0.2, 0.25) is 0 Å². The van der Waals surface area contributed by atoms with Crippen LogP contribution in [-0.2, 0) is 0 Å². The standard InChI is InChI=1S/C19H25N3O2S/c1-3-21(4-2)17(23)13-10-11-15-16(12-13)20-19(25)22(18(15)24)14-8-6-5-7-9-14/h10-12,14H,3-9H2,1-2H3,(H,20,25). The van der Waals surface area contributed by atoms with Crippen molar-refractivity contribution < 1.29 is 4.79 Å². The van der Waals surface area contributed by atoms with Gasteiger partial charge < -0.3 is 9.88 Å². The molecule has 0 radical (unpaired) electrons. The third kappa shape index (κ3) is 3.40. The minimum Gasteiger partial charge on any atom is -0.339 e. The highest BCUT2D eigenvalue weighted by Gasteiger charge is 2.20. The molecule has 1 aliphatic rings. The van der Waals surface area contributed by atoms with Gasteiger partial charge in [-0.1, -0.05) is 19.3 Å². The molecule has 0 spiro atoms. The molecule has 3 rings (SSSR count). The fourth-order valence-corrected chi connectivity index (χ4v) is 4.07. The molecule has 0 aliphatic heterocycles. The van der Waals surface area contributed by atoms with Crippen molar-refractivity contribution in [3.8, 4) is 0 Å². The topological polar surface area (TPSA) is 58.1 Å². The first-order chi connectivity index (χ1) is 12.1. The van der Waals surface area contributed by atoms with Crippen LogP contribution in [0.15, 0.2) is 23.0 Å². The van der Waals surface area contributed by atoms with Crippen LogP contribution in [0.1, 0.15) is 62.4 Å². The van der Waals surface area contributed by atoms with Crippen LogP contribution in [0.25, 0.3) is 10.9 Å². The summed E-state index contributed by atoms with van der Waals surface area (Å²) in [6.45, 7) is 5.23. The zero-order valence-electron chi connectivity index (χ0n) is 14.9. The maximum Gasteiger partial charge on any atom is 0.262 e. The Labute approximate surface area is 152 Å². The first-order valence-corrected chi connectivity index (χ1v) is 9.55. The summed E-state index contributed by atoms with van der Waals surface area (Å²) in [5, 5.41) is 0.593. The fourth-order valence-electron chi connectivity index (χ4n) is 3.73. The van der Waals surface area contributed by atoms with E-state index in [0.717, 1.165) is 25.7 Å². The van der Waals surface area contributed by atoms with Gasteiger partial charge >= 0.3 is 0 Å². The Morgan fingerprint density at radius 2 is 1.92 bits per heavy atom. The number of benzene rings is 1. The minimum atomic E-state index is -0.0486. The van der Waals surface area contributed by atoms with E-state index in [1.54, 1.807) is 27.7 Å². The fraction of sp³-hybridized carbons (Fsp3) is 0.526. The van der Waals surface area contributed by atoms with Gasteiger partial charge in [-0.25, -0.2) is 0 Å². The number of fused-ring (bicyclic) bond motifs is 1. The van der Waals surface area contributed by atoms with Gasteiger partial charge in [0, 0.05) is 24.7 Å². The molecule has 1 N–H and O–H groups in total. The van der Waals surface area contributed by atoms with E-state index in [1.165, 1.54) is 6.42 Å².